The molecule has 0 aliphatic carbocycles. The highest BCUT2D eigenvalue weighted by atomic mass is 32.2. The molecule has 164 valence electrons. The van der Waals surface area contributed by atoms with E-state index in [2.05, 4.69) is 20.0 Å². The largest absolute Gasteiger partial charge is 0.497 e. The second-order valence-electron chi connectivity index (χ2n) is 7.39. The smallest absolute Gasteiger partial charge is 0.243 e. The summed E-state index contributed by atoms with van der Waals surface area (Å²) in [6.45, 7) is 1.79. The van der Waals surface area contributed by atoms with Crippen LogP contribution in [0, 0.1) is 0 Å². The quantitative estimate of drug-likeness (QED) is 0.461. The molecule has 0 unspecified atom stereocenters. The molecule has 0 amide bonds. The standard InChI is InChI=1S/C22H22N6O3S/c1-31-18-7-9-19(10-8-18)32(29,30)27-13-11-26(12-14-27)21-20-15-25-28(22(20)24-16-23-21)17-5-3-2-4-6-17/h2-10,15-16H,11-14H2,1H3. The molecule has 5 rings (SSSR count). The van der Waals surface area contributed by atoms with Crippen LogP contribution in [0.1, 0.15) is 0 Å². The van der Waals surface area contributed by atoms with Crippen LogP contribution in [0.2, 0.25) is 0 Å². The summed E-state index contributed by atoms with van der Waals surface area (Å²) < 4.78 is 34.5. The predicted molar refractivity (Wildman–Crippen MR) is 121 cm³/mol. The first-order chi connectivity index (χ1) is 15.6. The summed E-state index contributed by atoms with van der Waals surface area (Å²) in [5.41, 5.74) is 1.64. The van der Waals surface area contributed by atoms with Crippen molar-refractivity contribution in [2.24, 2.45) is 0 Å². The predicted octanol–water partition coefficient (Wildman–Crippen LogP) is 2.33. The number of nitrogens with zero attached hydrogens (tertiary/aromatic N) is 6. The maximum Gasteiger partial charge on any atom is 0.243 e. The minimum atomic E-state index is -3.57. The van der Waals surface area contributed by atoms with Gasteiger partial charge in [-0.05, 0) is 36.4 Å². The van der Waals surface area contributed by atoms with E-state index in [1.807, 2.05) is 30.3 Å². The van der Waals surface area contributed by atoms with E-state index in [9.17, 15) is 8.42 Å². The summed E-state index contributed by atoms with van der Waals surface area (Å²) >= 11 is 0. The van der Waals surface area contributed by atoms with Crippen LogP contribution in [0.25, 0.3) is 16.7 Å². The monoisotopic (exact) mass is 450 g/mol. The van der Waals surface area contributed by atoms with E-state index in [4.69, 9.17) is 4.74 Å². The van der Waals surface area contributed by atoms with E-state index in [1.165, 1.54) is 10.6 Å². The number of rotatable bonds is 5. The molecule has 10 heteroatoms. The highest BCUT2D eigenvalue weighted by Crippen LogP contribution is 2.27. The van der Waals surface area contributed by atoms with Crippen molar-refractivity contribution < 1.29 is 13.2 Å². The normalized spacial score (nSPS) is 15.2. The molecule has 1 aliphatic heterocycles. The fourth-order valence-electron chi connectivity index (χ4n) is 3.88. The zero-order valence-corrected chi connectivity index (χ0v) is 18.3. The summed E-state index contributed by atoms with van der Waals surface area (Å²) in [6.07, 6.45) is 3.29. The van der Waals surface area contributed by atoms with Crippen LogP contribution in [-0.4, -0.2) is 65.8 Å². The number of piperazine rings is 1. The van der Waals surface area contributed by atoms with Gasteiger partial charge in [-0.3, -0.25) is 0 Å². The van der Waals surface area contributed by atoms with Crippen molar-refractivity contribution in [3.8, 4) is 11.4 Å². The third-order valence-electron chi connectivity index (χ3n) is 5.58. The third kappa shape index (κ3) is 3.57. The van der Waals surface area contributed by atoms with Crippen molar-refractivity contribution in [3.63, 3.8) is 0 Å². The lowest BCUT2D eigenvalue weighted by atomic mass is 10.3. The molecule has 0 radical (unpaired) electrons. The van der Waals surface area contributed by atoms with Crippen molar-refractivity contribution in [1.82, 2.24) is 24.1 Å². The molecule has 0 atom stereocenters. The fourth-order valence-corrected chi connectivity index (χ4v) is 5.30. The summed E-state index contributed by atoms with van der Waals surface area (Å²) in [5.74, 6) is 1.39. The maximum atomic E-state index is 13.0. The van der Waals surface area contributed by atoms with Crippen molar-refractivity contribution in [2.75, 3.05) is 38.2 Å². The van der Waals surface area contributed by atoms with Crippen LogP contribution in [0.3, 0.4) is 0 Å². The van der Waals surface area contributed by atoms with Gasteiger partial charge >= 0.3 is 0 Å². The molecule has 1 saturated heterocycles. The number of hydrogen-bond acceptors (Lipinski definition) is 7. The molecule has 0 saturated carbocycles. The zero-order valence-electron chi connectivity index (χ0n) is 17.5. The molecule has 32 heavy (non-hydrogen) atoms. The average molecular weight is 451 g/mol. The second kappa shape index (κ2) is 8.21. The number of ether oxygens (including phenoxy) is 1. The van der Waals surface area contributed by atoms with Gasteiger partial charge < -0.3 is 9.64 Å². The highest BCUT2D eigenvalue weighted by molar-refractivity contribution is 7.89. The Bertz CT molecular complexity index is 1330. The first kappa shape index (κ1) is 20.4. The number of benzene rings is 2. The number of hydrogen-bond donors (Lipinski definition) is 0. The Hall–Kier alpha value is -3.50. The van der Waals surface area contributed by atoms with E-state index >= 15 is 0 Å². The number of sulfonamides is 1. The van der Waals surface area contributed by atoms with Gasteiger partial charge in [0.25, 0.3) is 0 Å². The minimum absolute atomic E-state index is 0.264. The Balaban J connectivity index is 1.37. The fraction of sp³-hybridized carbons (Fsp3) is 0.227. The highest BCUT2D eigenvalue weighted by Gasteiger charge is 2.30. The number of anilines is 1. The number of fused-ring (bicyclic) bond motifs is 1. The first-order valence-electron chi connectivity index (χ1n) is 10.2. The summed E-state index contributed by atoms with van der Waals surface area (Å²) in [6, 6.07) is 16.3. The minimum Gasteiger partial charge on any atom is -0.497 e. The molecule has 4 aromatic rings. The van der Waals surface area contributed by atoms with Crippen LogP contribution in [-0.2, 0) is 10.0 Å². The number of para-hydroxylation sites is 1. The molecule has 1 aliphatic rings. The second-order valence-corrected chi connectivity index (χ2v) is 9.33. The number of methoxy groups -OCH3 is 1. The van der Waals surface area contributed by atoms with Crippen LogP contribution < -0.4 is 9.64 Å². The molecule has 2 aromatic heterocycles. The third-order valence-corrected chi connectivity index (χ3v) is 7.49. The SMILES string of the molecule is COc1ccc(S(=O)(=O)N2CCN(c3ncnc4c3cnn4-c3ccccc3)CC2)cc1. The Labute approximate surface area is 185 Å². The topological polar surface area (TPSA) is 93.5 Å². The maximum absolute atomic E-state index is 13.0. The molecule has 0 bridgehead atoms. The van der Waals surface area contributed by atoms with Gasteiger partial charge in [-0.2, -0.15) is 9.40 Å². The lowest BCUT2D eigenvalue weighted by Crippen LogP contribution is -2.49. The Morgan fingerprint density at radius 2 is 1.62 bits per heavy atom. The van der Waals surface area contributed by atoms with Crippen molar-refractivity contribution in [3.05, 3.63) is 67.1 Å². The van der Waals surface area contributed by atoms with Crippen LogP contribution in [0.4, 0.5) is 5.82 Å². The molecule has 0 spiro atoms. The van der Waals surface area contributed by atoms with Gasteiger partial charge in [0.05, 0.1) is 29.3 Å². The van der Waals surface area contributed by atoms with Gasteiger partial charge in [0, 0.05) is 26.2 Å². The van der Waals surface area contributed by atoms with E-state index < -0.39 is 10.0 Å². The van der Waals surface area contributed by atoms with Gasteiger partial charge in [-0.1, -0.05) is 18.2 Å². The first-order valence-corrected chi connectivity index (χ1v) is 11.7. The van der Waals surface area contributed by atoms with Gasteiger partial charge in [-0.25, -0.2) is 23.1 Å². The lowest BCUT2D eigenvalue weighted by Gasteiger charge is -2.34. The van der Waals surface area contributed by atoms with Crippen LogP contribution in [0.5, 0.6) is 5.75 Å². The number of aromatic nitrogens is 4. The van der Waals surface area contributed by atoms with Gasteiger partial charge in [0.1, 0.15) is 17.9 Å². The van der Waals surface area contributed by atoms with Crippen LogP contribution in [0.15, 0.2) is 72.0 Å². The van der Waals surface area contributed by atoms with Crippen molar-refractivity contribution in [1.29, 1.82) is 0 Å². The summed E-state index contributed by atoms with van der Waals surface area (Å²) in [7, 11) is -2.01. The van der Waals surface area contributed by atoms with E-state index in [-0.39, 0.29) is 4.90 Å². The van der Waals surface area contributed by atoms with E-state index in [0.717, 1.165) is 22.5 Å². The average Bonchev–Trinajstić information content (AvgIpc) is 3.29. The van der Waals surface area contributed by atoms with Crippen molar-refractivity contribution >= 4 is 26.9 Å². The van der Waals surface area contributed by atoms with Crippen LogP contribution >= 0.6 is 0 Å². The van der Waals surface area contributed by atoms with E-state index in [0.29, 0.717) is 31.9 Å². The van der Waals surface area contributed by atoms with E-state index in [1.54, 1.807) is 42.3 Å². The van der Waals surface area contributed by atoms with Gasteiger partial charge in [0.2, 0.25) is 10.0 Å². The molecular weight excluding hydrogens is 428 g/mol. The molecule has 0 N–H and O–H groups in total. The zero-order chi connectivity index (χ0) is 22.1. The molecule has 3 heterocycles. The van der Waals surface area contributed by atoms with Crippen molar-refractivity contribution in [2.45, 2.75) is 4.90 Å². The molecule has 9 nitrogen and oxygen atoms in total. The van der Waals surface area contributed by atoms with Gasteiger partial charge in [-0.15, -0.1) is 0 Å². The molecule has 1 fully saturated rings. The summed E-state index contributed by atoms with van der Waals surface area (Å²) in [5, 5.41) is 5.34. The Morgan fingerprint density at radius 1 is 0.906 bits per heavy atom. The van der Waals surface area contributed by atoms with Gasteiger partial charge in [0.15, 0.2) is 5.65 Å². The lowest BCUT2D eigenvalue weighted by molar-refractivity contribution is 0.384. The molecule has 2 aromatic carbocycles. The molecular formula is C22H22N6O3S. The Morgan fingerprint density at radius 3 is 2.31 bits per heavy atom. The summed E-state index contributed by atoms with van der Waals surface area (Å²) in [4.78, 5) is 11.3. The Kier molecular flexibility index (Phi) is 5.24.